The third-order valence-electron chi connectivity index (χ3n) is 7.60. The molecule has 12 heteroatoms. The molecule has 4 rings (SSSR count). The Labute approximate surface area is 294 Å². The van der Waals surface area contributed by atoms with Gasteiger partial charge in [-0.3, -0.25) is 14.4 Å². The molecule has 51 heavy (non-hydrogen) atoms. The number of hydrogen-bond donors (Lipinski definition) is 1. The lowest BCUT2D eigenvalue weighted by atomic mass is 9.97. The number of nitrogens with one attached hydrogen (secondary N) is 1. The van der Waals surface area contributed by atoms with Gasteiger partial charge in [0.1, 0.15) is 12.4 Å². The van der Waals surface area contributed by atoms with Crippen molar-refractivity contribution in [2.75, 3.05) is 32.6 Å². The van der Waals surface area contributed by atoms with E-state index in [1.165, 1.54) is 41.3 Å². The zero-order valence-electron chi connectivity index (χ0n) is 28.7. The second-order valence-electron chi connectivity index (χ2n) is 12.1. The van der Waals surface area contributed by atoms with Crippen LogP contribution in [0.5, 0.6) is 5.75 Å². The average molecular weight is 705 g/mol. The summed E-state index contributed by atoms with van der Waals surface area (Å²) in [5, 5.41) is 2.79. The first-order valence-electron chi connectivity index (χ1n) is 16.2. The van der Waals surface area contributed by atoms with Crippen LogP contribution in [-0.2, 0) is 26.9 Å². The normalized spacial score (nSPS) is 11.2. The van der Waals surface area contributed by atoms with E-state index in [-0.39, 0.29) is 47.6 Å². The molecule has 0 atom stereocenters. The molecule has 0 unspecified atom stereocenters. The Morgan fingerprint density at radius 3 is 2.16 bits per heavy atom. The van der Waals surface area contributed by atoms with Gasteiger partial charge in [-0.05, 0) is 98.0 Å². The number of amides is 2. The number of benzene rings is 4. The summed E-state index contributed by atoms with van der Waals surface area (Å²) in [4.78, 5) is 52.7. The van der Waals surface area contributed by atoms with E-state index in [4.69, 9.17) is 14.2 Å². The van der Waals surface area contributed by atoms with Crippen LogP contribution < -0.4 is 10.1 Å². The van der Waals surface area contributed by atoms with Crippen LogP contribution in [0.2, 0.25) is 0 Å². The van der Waals surface area contributed by atoms with Crippen LogP contribution in [0.3, 0.4) is 0 Å². The number of carbonyl (C=O) groups is 4. The van der Waals surface area contributed by atoms with E-state index < -0.39 is 29.6 Å². The fourth-order valence-electron chi connectivity index (χ4n) is 5.01. The van der Waals surface area contributed by atoms with Crippen molar-refractivity contribution in [3.05, 3.63) is 119 Å². The second-order valence-corrected chi connectivity index (χ2v) is 12.1. The third-order valence-corrected chi connectivity index (χ3v) is 7.60. The number of carbonyl (C=O) groups excluding carboxylic acids is 4. The predicted molar refractivity (Wildman–Crippen MR) is 186 cm³/mol. The lowest BCUT2D eigenvalue weighted by Crippen LogP contribution is -2.24. The molecule has 0 aromatic heterocycles. The van der Waals surface area contributed by atoms with E-state index in [1.54, 1.807) is 56.6 Å². The monoisotopic (exact) mass is 704 g/mol. The smallest absolute Gasteiger partial charge is 0.416 e. The lowest BCUT2D eigenvalue weighted by Gasteiger charge is -2.17. The van der Waals surface area contributed by atoms with E-state index in [0.29, 0.717) is 36.1 Å². The zero-order chi connectivity index (χ0) is 37.1. The van der Waals surface area contributed by atoms with Gasteiger partial charge in [0, 0.05) is 26.1 Å². The quantitative estimate of drug-likeness (QED) is 0.0809. The number of hydrogen-bond acceptors (Lipinski definition) is 7. The van der Waals surface area contributed by atoms with Gasteiger partial charge in [-0.25, -0.2) is 4.79 Å². The molecule has 0 bridgehead atoms. The molecule has 0 radical (unpaired) electrons. The number of alkyl halides is 3. The highest BCUT2D eigenvalue weighted by Crippen LogP contribution is 2.32. The van der Waals surface area contributed by atoms with Crippen molar-refractivity contribution in [3.8, 4) is 16.9 Å². The Morgan fingerprint density at radius 1 is 0.824 bits per heavy atom. The molecular weight excluding hydrogens is 665 g/mol. The fourth-order valence-corrected chi connectivity index (χ4v) is 5.01. The van der Waals surface area contributed by atoms with Crippen LogP contribution in [-0.4, -0.2) is 62.1 Å². The number of nitrogens with zero attached hydrogens (tertiary/aromatic N) is 1. The van der Waals surface area contributed by atoms with Crippen LogP contribution in [0.25, 0.3) is 11.1 Å². The van der Waals surface area contributed by atoms with Crippen LogP contribution in [0.15, 0.2) is 91.0 Å². The van der Waals surface area contributed by atoms with Gasteiger partial charge in [-0.15, -0.1) is 0 Å². The van der Waals surface area contributed by atoms with E-state index >= 15 is 0 Å². The summed E-state index contributed by atoms with van der Waals surface area (Å²) in [6.45, 7) is 4.18. The highest BCUT2D eigenvalue weighted by Gasteiger charge is 2.30. The molecule has 0 heterocycles. The van der Waals surface area contributed by atoms with Crippen molar-refractivity contribution in [1.82, 2.24) is 4.90 Å². The summed E-state index contributed by atoms with van der Waals surface area (Å²) in [6.07, 6.45) is -3.54. The standard InChI is InChI=1S/C39H39F3N2O7/c1-25(2)49-22-23-50-38(48)28-15-19-30(20-16-28)51-35(45)11-7-8-26-12-21-34(33(24-26)37(47)44(3)4)43-36(46)32-10-6-5-9-31(32)27-13-17-29(18-14-27)39(40,41)42/h5-6,9-10,12-21,24-25H,7-8,11,22-23H2,1-4H3,(H,43,46). The van der Waals surface area contributed by atoms with Crippen molar-refractivity contribution >= 4 is 29.4 Å². The summed E-state index contributed by atoms with van der Waals surface area (Å²) < 4.78 is 55.2. The van der Waals surface area contributed by atoms with Crippen LogP contribution in [0.4, 0.5) is 18.9 Å². The van der Waals surface area contributed by atoms with Gasteiger partial charge in [0.15, 0.2) is 0 Å². The Bertz CT molecular complexity index is 1840. The van der Waals surface area contributed by atoms with Crippen LogP contribution in [0, 0.1) is 0 Å². The number of halogens is 3. The van der Waals surface area contributed by atoms with Gasteiger partial charge in [0.2, 0.25) is 0 Å². The lowest BCUT2D eigenvalue weighted by molar-refractivity contribution is -0.137. The summed E-state index contributed by atoms with van der Waals surface area (Å²) in [7, 11) is 3.16. The number of esters is 2. The maximum absolute atomic E-state index is 13.5. The first kappa shape index (κ1) is 38.3. The van der Waals surface area contributed by atoms with Gasteiger partial charge in [0.05, 0.1) is 35.1 Å². The molecule has 1 N–H and O–H groups in total. The van der Waals surface area contributed by atoms with E-state index in [0.717, 1.165) is 17.7 Å². The third kappa shape index (κ3) is 11.0. The number of aryl methyl sites for hydroxylation is 1. The maximum Gasteiger partial charge on any atom is 0.416 e. The fraction of sp³-hybridized carbons (Fsp3) is 0.282. The van der Waals surface area contributed by atoms with Gasteiger partial charge < -0.3 is 24.4 Å². The molecule has 4 aromatic rings. The topological polar surface area (TPSA) is 111 Å². The number of rotatable bonds is 14. The molecule has 0 aliphatic rings. The SMILES string of the molecule is CC(C)OCCOC(=O)c1ccc(OC(=O)CCCc2ccc(NC(=O)c3ccccc3-c3ccc(C(F)(F)F)cc3)c(C(=O)N(C)C)c2)cc1. The van der Waals surface area contributed by atoms with E-state index in [2.05, 4.69) is 5.32 Å². The number of ether oxygens (including phenoxy) is 3. The van der Waals surface area contributed by atoms with Crippen molar-refractivity contribution in [1.29, 1.82) is 0 Å². The summed E-state index contributed by atoms with van der Waals surface area (Å²) in [5.74, 6) is -1.62. The minimum absolute atomic E-state index is 0.0342. The largest absolute Gasteiger partial charge is 0.460 e. The Morgan fingerprint density at radius 2 is 1.51 bits per heavy atom. The zero-order valence-corrected chi connectivity index (χ0v) is 28.7. The highest BCUT2D eigenvalue weighted by atomic mass is 19.4. The van der Waals surface area contributed by atoms with Gasteiger partial charge >= 0.3 is 18.1 Å². The van der Waals surface area contributed by atoms with Crippen molar-refractivity contribution < 1.29 is 46.6 Å². The highest BCUT2D eigenvalue weighted by molar-refractivity contribution is 6.11. The Kier molecular flexibility index (Phi) is 13.1. The molecule has 0 aliphatic carbocycles. The first-order chi connectivity index (χ1) is 24.2. The summed E-state index contributed by atoms with van der Waals surface area (Å²) >= 11 is 0. The molecule has 268 valence electrons. The Balaban J connectivity index is 1.37. The van der Waals surface area contributed by atoms with Crippen molar-refractivity contribution in [3.63, 3.8) is 0 Å². The molecule has 0 fully saturated rings. The predicted octanol–water partition coefficient (Wildman–Crippen LogP) is 7.84. The van der Waals surface area contributed by atoms with Crippen LogP contribution >= 0.6 is 0 Å². The molecule has 0 saturated heterocycles. The molecule has 0 aliphatic heterocycles. The molecule has 4 aromatic carbocycles. The molecule has 9 nitrogen and oxygen atoms in total. The molecule has 0 spiro atoms. The summed E-state index contributed by atoms with van der Waals surface area (Å²) in [6, 6.07) is 22.1. The maximum atomic E-state index is 13.5. The first-order valence-corrected chi connectivity index (χ1v) is 16.2. The molecular formula is C39H39F3N2O7. The molecule has 2 amide bonds. The van der Waals surface area contributed by atoms with Gasteiger partial charge in [-0.2, -0.15) is 13.2 Å². The Hall–Kier alpha value is -5.49. The van der Waals surface area contributed by atoms with Gasteiger partial charge in [-0.1, -0.05) is 36.4 Å². The van der Waals surface area contributed by atoms with Crippen molar-refractivity contribution in [2.24, 2.45) is 0 Å². The minimum Gasteiger partial charge on any atom is -0.460 e. The average Bonchev–Trinajstić information content (AvgIpc) is 3.10. The number of anilines is 1. The minimum atomic E-state index is -4.49. The second kappa shape index (κ2) is 17.4. The molecule has 0 saturated carbocycles. The van der Waals surface area contributed by atoms with E-state index in [9.17, 15) is 32.3 Å². The van der Waals surface area contributed by atoms with Crippen molar-refractivity contribution in [2.45, 2.75) is 45.4 Å². The van der Waals surface area contributed by atoms with E-state index in [1.807, 2.05) is 13.8 Å². The van der Waals surface area contributed by atoms with Crippen LogP contribution in [0.1, 0.15) is 68.9 Å². The van der Waals surface area contributed by atoms with Gasteiger partial charge in [0.25, 0.3) is 11.8 Å². The summed E-state index contributed by atoms with van der Waals surface area (Å²) in [5.41, 5.74) is 1.80.